The molecule has 1 heterocycles. The Labute approximate surface area is 107 Å². The predicted molar refractivity (Wildman–Crippen MR) is 69.9 cm³/mol. The molecule has 0 bridgehead atoms. The monoisotopic (exact) mass is 247 g/mol. The second-order valence-corrected chi connectivity index (χ2v) is 4.64. The van der Waals surface area contributed by atoms with E-state index in [-0.39, 0.29) is 5.82 Å². The molecule has 0 aliphatic rings. The second-order valence-electron chi connectivity index (χ2n) is 4.64. The van der Waals surface area contributed by atoms with Crippen molar-refractivity contribution in [3.8, 4) is 0 Å². The number of rotatable bonds is 5. The van der Waals surface area contributed by atoms with E-state index in [1.807, 2.05) is 25.1 Å². The van der Waals surface area contributed by atoms with Gasteiger partial charge >= 0.3 is 0 Å². The van der Waals surface area contributed by atoms with E-state index in [0.717, 1.165) is 23.3 Å². The Balaban J connectivity index is 1.89. The normalized spacial score (nSPS) is 12.6. The number of benzene rings is 1. The highest BCUT2D eigenvalue weighted by molar-refractivity contribution is 5.26. The molecule has 1 aromatic heterocycles. The molecule has 0 radical (unpaired) electrons. The van der Waals surface area contributed by atoms with E-state index in [1.165, 1.54) is 6.07 Å². The molecule has 0 fully saturated rings. The van der Waals surface area contributed by atoms with E-state index in [4.69, 9.17) is 4.42 Å². The van der Waals surface area contributed by atoms with Crippen molar-refractivity contribution in [2.75, 3.05) is 0 Å². The molecule has 1 unspecified atom stereocenters. The first-order valence-electron chi connectivity index (χ1n) is 6.16. The molecule has 1 N–H and O–H groups in total. The van der Waals surface area contributed by atoms with E-state index >= 15 is 0 Å². The van der Waals surface area contributed by atoms with Crippen molar-refractivity contribution in [3.05, 3.63) is 59.3 Å². The Hall–Kier alpha value is -1.61. The molecule has 0 aliphatic carbocycles. The quantitative estimate of drug-likeness (QED) is 0.875. The van der Waals surface area contributed by atoms with Gasteiger partial charge in [-0.25, -0.2) is 4.39 Å². The van der Waals surface area contributed by atoms with Crippen LogP contribution in [0.25, 0.3) is 0 Å². The maximum atomic E-state index is 13.1. The topological polar surface area (TPSA) is 25.2 Å². The Bertz CT molecular complexity index is 493. The van der Waals surface area contributed by atoms with Gasteiger partial charge < -0.3 is 9.73 Å². The lowest BCUT2D eigenvalue weighted by atomic mass is 10.1. The molecule has 0 aliphatic heterocycles. The third kappa shape index (κ3) is 3.44. The zero-order valence-electron chi connectivity index (χ0n) is 10.7. The number of furan rings is 1. The smallest absolute Gasteiger partial charge is 0.123 e. The lowest BCUT2D eigenvalue weighted by Crippen LogP contribution is -2.27. The van der Waals surface area contributed by atoms with Crippen molar-refractivity contribution in [2.45, 2.75) is 32.9 Å². The van der Waals surface area contributed by atoms with Gasteiger partial charge in [0.15, 0.2) is 0 Å². The van der Waals surface area contributed by atoms with Crippen LogP contribution in [-0.4, -0.2) is 6.04 Å². The largest absolute Gasteiger partial charge is 0.469 e. The molecular formula is C15H18FNO. The molecule has 1 atom stereocenters. The van der Waals surface area contributed by atoms with E-state index in [0.29, 0.717) is 12.6 Å². The van der Waals surface area contributed by atoms with Crippen LogP contribution in [0.1, 0.15) is 23.8 Å². The highest BCUT2D eigenvalue weighted by Crippen LogP contribution is 2.11. The summed E-state index contributed by atoms with van der Waals surface area (Å²) in [7, 11) is 0. The first kappa shape index (κ1) is 12.8. The van der Waals surface area contributed by atoms with Crippen LogP contribution >= 0.6 is 0 Å². The SMILES string of the molecule is Cc1ccc(F)cc1CNC(C)Cc1ccco1. The lowest BCUT2D eigenvalue weighted by Gasteiger charge is -2.13. The summed E-state index contributed by atoms with van der Waals surface area (Å²) in [5.74, 6) is 0.780. The van der Waals surface area contributed by atoms with Gasteiger partial charge in [0.25, 0.3) is 0 Å². The number of nitrogens with one attached hydrogen (secondary N) is 1. The third-order valence-corrected chi connectivity index (χ3v) is 3.04. The molecular weight excluding hydrogens is 229 g/mol. The van der Waals surface area contributed by atoms with Crippen molar-refractivity contribution in [3.63, 3.8) is 0 Å². The summed E-state index contributed by atoms with van der Waals surface area (Å²) < 4.78 is 18.4. The lowest BCUT2D eigenvalue weighted by molar-refractivity contribution is 0.456. The average Bonchev–Trinajstić information content (AvgIpc) is 2.83. The van der Waals surface area contributed by atoms with Gasteiger partial charge in [0, 0.05) is 19.0 Å². The molecule has 2 aromatic rings. The van der Waals surface area contributed by atoms with Crippen LogP contribution in [0.5, 0.6) is 0 Å². The van der Waals surface area contributed by atoms with Gasteiger partial charge in [0.2, 0.25) is 0 Å². The summed E-state index contributed by atoms with van der Waals surface area (Å²) in [6, 6.07) is 9.03. The van der Waals surface area contributed by atoms with Crippen molar-refractivity contribution < 1.29 is 8.81 Å². The summed E-state index contributed by atoms with van der Waals surface area (Å²) in [5.41, 5.74) is 2.11. The Morgan fingerprint density at radius 2 is 2.17 bits per heavy atom. The van der Waals surface area contributed by atoms with Gasteiger partial charge in [-0.1, -0.05) is 6.07 Å². The molecule has 2 nitrogen and oxygen atoms in total. The first-order chi connectivity index (χ1) is 8.65. The van der Waals surface area contributed by atoms with Gasteiger partial charge in [0.1, 0.15) is 11.6 Å². The Morgan fingerprint density at radius 1 is 1.33 bits per heavy atom. The summed E-state index contributed by atoms with van der Waals surface area (Å²) in [4.78, 5) is 0. The highest BCUT2D eigenvalue weighted by Gasteiger charge is 2.06. The van der Waals surface area contributed by atoms with Gasteiger partial charge in [-0.3, -0.25) is 0 Å². The first-order valence-corrected chi connectivity index (χ1v) is 6.16. The number of hydrogen-bond donors (Lipinski definition) is 1. The maximum Gasteiger partial charge on any atom is 0.123 e. The second kappa shape index (κ2) is 5.83. The number of hydrogen-bond acceptors (Lipinski definition) is 2. The van der Waals surface area contributed by atoms with Gasteiger partial charge in [-0.15, -0.1) is 0 Å². The van der Waals surface area contributed by atoms with Crippen LogP contribution < -0.4 is 5.32 Å². The van der Waals surface area contributed by atoms with Gasteiger partial charge in [-0.2, -0.15) is 0 Å². The molecule has 0 saturated carbocycles. The number of halogens is 1. The van der Waals surface area contributed by atoms with Gasteiger partial charge in [0.05, 0.1) is 6.26 Å². The fourth-order valence-corrected chi connectivity index (χ4v) is 1.92. The minimum absolute atomic E-state index is 0.184. The van der Waals surface area contributed by atoms with E-state index in [9.17, 15) is 4.39 Å². The maximum absolute atomic E-state index is 13.1. The molecule has 3 heteroatoms. The highest BCUT2D eigenvalue weighted by atomic mass is 19.1. The van der Waals surface area contributed by atoms with Crippen molar-refractivity contribution in [1.29, 1.82) is 0 Å². The predicted octanol–water partition coefficient (Wildman–Crippen LogP) is 3.45. The minimum Gasteiger partial charge on any atom is -0.469 e. The zero-order valence-corrected chi connectivity index (χ0v) is 10.7. The van der Waals surface area contributed by atoms with Crippen LogP contribution in [-0.2, 0) is 13.0 Å². The molecule has 2 rings (SSSR count). The zero-order chi connectivity index (χ0) is 13.0. The van der Waals surface area contributed by atoms with Crippen LogP contribution in [0.3, 0.4) is 0 Å². The summed E-state index contributed by atoms with van der Waals surface area (Å²) in [6.45, 7) is 4.76. The Morgan fingerprint density at radius 3 is 2.89 bits per heavy atom. The van der Waals surface area contributed by atoms with E-state index in [1.54, 1.807) is 12.3 Å². The van der Waals surface area contributed by atoms with E-state index in [2.05, 4.69) is 12.2 Å². The third-order valence-electron chi connectivity index (χ3n) is 3.04. The molecule has 1 aromatic carbocycles. The molecule has 96 valence electrons. The van der Waals surface area contributed by atoms with Crippen LogP contribution in [0.4, 0.5) is 4.39 Å². The van der Waals surface area contributed by atoms with Crippen molar-refractivity contribution in [2.24, 2.45) is 0 Å². The fourth-order valence-electron chi connectivity index (χ4n) is 1.92. The molecule has 18 heavy (non-hydrogen) atoms. The van der Waals surface area contributed by atoms with Crippen LogP contribution in [0.15, 0.2) is 41.0 Å². The molecule has 0 amide bonds. The van der Waals surface area contributed by atoms with Gasteiger partial charge in [-0.05, 0) is 49.2 Å². The van der Waals surface area contributed by atoms with Crippen LogP contribution in [0, 0.1) is 12.7 Å². The van der Waals surface area contributed by atoms with Crippen LogP contribution in [0.2, 0.25) is 0 Å². The van der Waals surface area contributed by atoms with Crippen molar-refractivity contribution in [1.82, 2.24) is 5.32 Å². The molecule has 0 saturated heterocycles. The Kier molecular flexibility index (Phi) is 4.15. The summed E-state index contributed by atoms with van der Waals surface area (Å²) in [6.07, 6.45) is 2.51. The average molecular weight is 247 g/mol. The summed E-state index contributed by atoms with van der Waals surface area (Å²) in [5, 5.41) is 3.38. The molecule has 0 spiro atoms. The standard InChI is InChI=1S/C15H18FNO/c1-11-5-6-14(16)9-13(11)10-17-12(2)8-15-4-3-7-18-15/h3-7,9,12,17H,8,10H2,1-2H3. The van der Waals surface area contributed by atoms with E-state index < -0.39 is 0 Å². The summed E-state index contributed by atoms with van der Waals surface area (Å²) >= 11 is 0. The number of aryl methyl sites for hydroxylation is 1. The van der Waals surface area contributed by atoms with Crippen molar-refractivity contribution >= 4 is 0 Å². The minimum atomic E-state index is -0.184. The fraction of sp³-hybridized carbons (Fsp3) is 0.333.